The van der Waals surface area contributed by atoms with Crippen LogP contribution in [-0.4, -0.2) is 35.3 Å². The molecule has 4 rings (SSSR count). The van der Waals surface area contributed by atoms with Crippen LogP contribution in [0.25, 0.3) is 17.0 Å². The maximum atomic E-state index is 13.0. The standard InChI is InChI=1S/C19H19N7O/c1-3-25-16(9-10-21-25)13(2)23-18(27)17-11-15(14-7-5-4-6-8-14)24-19-20-12-22-26(17)19/h4-13H,3H2,1-2H3,(H,23,27)/t13-/m1/s1. The Morgan fingerprint density at radius 1 is 1.19 bits per heavy atom. The van der Waals surface area contributed by atoms with Crippen molar-refractivity contribution >= 4 is 11.7 Å². The highest BCUT2D eigenvalue weighted by Crippen LogP contribution is 2.19. The third kappa shape index (κ3) is 3.17. The molecule has 0 bridgehead atoms. The fourth-order valence-corrected chi connectivity index (χ4v) is 3.05. The first-order valence-electron chi connectivity index (χ1n) is 8.76. The highest BCUT2D eigenvalue weighted by Gasteiger charge is 2.19. The van der Waals surface area contributed by atoms with Crippen LogP contribution in [0.15, 0.2) is 55.0 Å². The van der Waals surface area contributed by atoms with Gasteiger partial charge in [0.05, 0.1) is 17.4 Å². The van der Waals surface area contributed by atoms with Crippen molar-refractivity contribution < 1.29 is 4.79 Å². The summed E-state index contributed by atoms with van der Waals surface area (Å²) in [4.78, 5) is 21.6. The average molecular weight is 361 g/mol. The minimum atomic E-state index is -0.249. The van der Waals surface area contributed by atoms with Gasteiger partial charge in [0.1, 0.15) is 12.0 Å². The molecule has 1 aromatic carbocycles. The van der Waals surface area contributed by atoms with Crippen molar-refractivity contribution in [2.24, 2.45) is 0 Å². The second-order valence-corrected chi connectivity index (χ2v) is 6.13. The zero-order valence-electron chi connectivity index (χ0n) is 15.1. The summed E-state index contributed by atoms with van der Waals surface area (Å²) in [5.74, 6) is 0.134. The Hall–Kier alpha value is -3.55. The second-order valence-electron chi connectivity index (χ2n) is 6.13. The topological polar surface area (TPSA) is 90.0 Å². The van der Waals surface area contributed by atoms with Gasteiger partial charge in [0.2, 0.25) is 0 Å². The molecule has 0 spiro atoms. The van der Waals surface area contributed by atoms with Crippen molar-refractivity contribution in [2.75, 3.05) is 0 Å². The summed E-state index contributed by atoms with van der Waals surface area (Å²) in [6, 6.07) is 13.1. The van der Waals surface area contributed by atoms with E-state index in [1.807, 2.05) is 54.9 Å². The van der Waals surface area contributed by atoms with E-state index in [1.54, 1.807) is 12.3 Å². The maximum absolute atomic E-state index is 13.0. The number of nitrogens with zero attached hydrogens (tertiary/aromatic N) is 6. The molecule has 4 aromatic rings. The number of aromatic nitrogens is 6. The highest BCUT2D eigenvalue weighted by molar-refractivity contribution is 5.94. The van der Waals surface area contributed by atoms with Gasteiger partial charge in [-0.1, -0.05) is 30.3 Å². The quantitative estimate of drug-likeness (QED) is 0.590. The predicted octanol–water partition coefficient (Wildman–Crippen LogP) is 2.50. The lowest BCUT2D eigenvalue weighted by Crippen LogP contribution is -2.30. The number of benzene rings is 1. The van der Waals surface area contributed by atoms with E-state index in [0.717, 1.165) is 17.8 Å². The number of hydrogen-bond acceptors (Lipinski definition) is 5. The molecule has 0 saturated carbocycles. The van der Waals surface area contributed by atoms with Crippen LogP contribution in [0.1, 0.15) is 36.1 Å². The molecule has 0 radical (unpaired) electrons. The van der Waals surface area contributed by atoms with Gasteiger partial charge in [-0.2, -0.15) is 19.7 Å². The molecule has 0 aliphatic heterocycles. The molecule has 27 heavy (non-hydrogen) atoms. The minimum absolute atomic E-state index is 0.202. The molecule has 3 aromatic heterocycles. The third-order valence-electron chi connectivity index (χ3n) is 4.39. The molecule has 0 unspecified atom stereocenters. The lowest BCUT2D eigenvalue weighted by Gasteiger charge is -2.16. The molecule has 1 atom stereocenters. The van der Waals surface area contributed by atoms with E-state index in [-0.39, 0.29) is 11.9 Å². The van der Waals surface area contributed by atoms with Crippen LogP contribution in [0, 0.1) is 0 Å². The molecule has 0 fully saturated rings. The van der Waals surface area contributed by atoms with E-state index in [2.05, 4.69) is 25.5 Å². The van der Waals surface area contributed by atoms with Crippen molar-refractivity contribution in [3.8, 4) is 11.3 Å². The van der Waals surface area contributed by atoms with Crippen molar-refractivity contribution in [3.05, 3.63) is 66.4 Å². The highest BCUT2D eigenvalue weighted by atomic mass is 16.2. The van der Waals surface area contributed by atoms with Crippen molar-refractivity contribution in [3.63, 3.8) is 0 Å². The second kappa shape index (κ2) is 6.99. The lowest BCUT2D eigenvalue weighted by atomic mass is 10.1. The first-order chi connectivity index (χ1) is 13.2. The van der Waals surface area contributed by atoms with Crippen LogP contribution in [0.3, 0.4) is 0 Å². The molecule has 8 nitrogen and oxygen atoms in total. The normalized spacial score (nSPS) is 12.2. The Kier molecular flexibility index (Phi) is 4.37. The summed E-state index contributed by atoms with van der Waals surface area (Å²) in [5, 5.41) is 11.4. The first kappa shape index (κ1) is 16.9. The van der Waals surface area contributed by atoms with E-state index in [0.29, 0.717) is 17.2 Å². The molecule has 1 amide bonds. The summed E-state index contributed by atoms with van der Waals surface area (Å²) in [7, 11) is 0. The van der Waals surface area contributed by atoms with Gasteiger partial charge in [0.25, 0.3) is 11.7 Å². The van der Waals surface area contributed by atoms with Crippen molar-refractivity contribution in [1.82, 2.24) is 34.7 Å². The monoisotopic (exact) mass is 361 g/mol. The smallest absolute Gasteiger partial charge is 0.270 e. The Balaban J connectivity index is 1.70. The number of aryl methyl sites for hydroxylation is 1. The third-order valence-corrected chi connectivity index (χ3v) is 4.39. The molecular formula is C19H19N7O. The SMILES string of the molecule is CCn1nccc1[C@@H](C)NC(=O)c1cc(-c2ccccc2)nc2ncnn12. The molecule has 1 N–H and O–H groups in total. The van der Waals surface area contributed by atoms with Crippen molar-refractivity contribution in [1.29, 1.82) is 0 Å². The van der Waals surface area contributed by atoms with Gasteiger partial charge >= 0.3 is 0 Å². The van der Waals surface area contributed by atoms with Gasteiger partial charge in [0, 0.05) is 18.3 Å². The average Bonchev–Trinajstić information content (AvgIpc) is 3.36. The summed E-state index contributed by atoms with van der Waals surface area (Å²) < 4.78 is 3.31. The van der Waals surface area contributed by atoms with Crippen LogP contribution >= 0.6 is 0 Å². The molecular weight excluding hydrogens is 342 g/mol. The number of nitrogens with one attached hydrogen (secondary N) is 1. The van der Waals surface area contributed by atoms with Gasteiger partial charge in [-0.15, -0.1) is 0 Å². The van der Waals surface area contributed by atoms with Crippen LogP contribution in [0.4, 0.5) is 0 Å². The molecule has 0 saturated heterocycles. The fourth-order valence-electron chi connectivity index (χ4n) is 3.05. The summed E-state index contributed by atoms with van der Waals surface area (Å²) in [6.45, 7) is 4.68. The zero-order chi connectivity index (χ0) is 18.8. The minimum Gasteiger partial charge on any atom is -0.343 e. The predicted molar refractivity (Wildman–Crippen MR) is 100 cm³/mol. The van der Waals surface area contributed by atoms with Gasteiger partial charge in [-0.25, -0.2) is 4.98 Å². The van der Waals surface area contributed by atoms with Crippen molar-refractivity contribution in [2.45, 2.75) is 26.4 Å². The molecule has 0 aliphatic rings. The Bertz CT molecular complexity index is 1080. The number of fused-ring (bicyclic) bond motifs is 1. The lowest BCUT2D eigenvalue weighted by molar-refractivity contribution is 0.0930. The van der Waals surface area contributed by atoms with Gasteiger partial charge in [0.15, 0.2) is 0 Å². The molecule has 3 heterocycles. The van der Waals surface area contributed by atoms with E-state index in [1.165, 1.54) is 10.8 Å². The van der Waals surface area contributed by atoms with Gasteiger partial charge in [-0.05, 0) is 26.0 Å². The Labute approximate surface area is 155 Å². The number of carbonyl (C=O) groups excluding carboxylic acids is 1. The van der Waals surface area contributed by atoms with Gasteiger partial charge < -0.3 is 5.32 Å². The summed E-state index contributed by atoms with van der Waals surface area (Å²) >= 11 is 0. The van der Waals surface area contributed by atoms with E-state index >= 15 is 0 Å². The van der Waals surface area contributed by atoms with Crippen LogP contribution in [0.5, 0.6) is 0 Å². The van der Waals surface area contributed by atoms with E-state index in [9.17, 15) is 4.79 Å². The fraction of sp³-hybridized carbons (Fsp3) is 0.211. The van der Waals surface area contributed by atoms with Crippen LogP contribution < -0.4 is 5.32 Å². The van der Waals surface area contributed by atoms with E-state index in [4.69, 9.17) is 0 Å². The zero-order valence-corrected chi connectivity index (χ0v) is 15.1. The van der Waals surface area contributed by atoms with E-state index < -0.39 is 0 Å². The summed E-state index contributed by atoms with van der Waals surface area (Å²) in [6.07, 6.45) is 3.13. The Morgan fingerprint density at radius 2 is 2.00 bits per heavy atom. The van der Waals surface area contributed by atoms with Gasteiger partial charge in [-0.3, -0.25) is 9.48 Å². The Morgan fingerprint density at radius 3 is 2.78 bits per heavy atom. The molecule has 8 heteroatoms. The molecule has 0 aliphatic carbocycles. The largest absolute Gasteiger partial charge is 0.343 e. The first-order valence-corrected chi connectivity index (χ1v) is 8.76. The van der Waals surface area contributed by atoms with Crippen LogP contribution in [-0.2, 0) is 6.54 Å². The summed E-state index contributed by atoms with van der Waals surface area (Å²) in [5.41, 5.74) is 2.91. The maximum Gasteiger partial charge on any atom is 0.270 e. The number of rotatable bonds is 5. The molecule has 136 valence electrons. The number of carbonyl (C=O) groups is 1. The van der Waals surface area contributed by atoms with Crippen LogP contribution in [0.2, 0.25) is 0 Å². The number of amides is 1. The number of hydrogen-bond donors (Lipinski definition) is 1.